The van der Waals surface area contributed by atoms with Gasteiger partial charge in [-0.3, -0.25) is 0 Å². The number of aliphatic hydroxyl groups is 1. The van der Waals surface area contributed by atoms with Gasteiger partial charge < -0.3 is 14.6 Å². The van der Waals surface area contributed by atoms with E-state index in [1.54, 1.807) is 6.07 Å². The van der Waals surface area contributed by atoms with Crippen molar-refractivity contribution in [2.45, 2.75) is 45.5 Å². The molecule has 106 valence electrons. The molecule has 1 rings (SSSR count). The first kappa shape index (κ1) is 15.7. The molecule has 0 aliphatic rings. The first-order valence-corrected chi connectivity index (χ1v) is 9.15. The number of rotatable bonds is 4. The monoisotopic (exact) mass is 282 g/mol. The normalized spacial score (nSPS) is 12.3. The van der Waals surface area contributed by atoms with E-state index < -0.39 is 14.3 Å². The Bertz CT molecular complexity index is 475. The van der Waals surface area contributed by atoms with Crippen molar-refractivity contribution in [3.8, 4) is 5.75 Å². The van der Waals surface area contributed by atoms with Crippen LogP contribution in [0.4, 0.5) is 0 Å². The Balaban J connectivity index is 3.12. The minimum Gasteiger partial charge on any atom is -0.543 e. The third kappa shape index (κ3) is 3.58. The van der Waals surface area contributed by atoms with Crippen molar-refractivity contribution in [1.82, 2.24) is 0 Å². The van der Waals surface area contributed by atoms with Crippen molar-refractivity contribution < 1.29 is 19.4 Å². The molecule has 2 N–H and O–H groups in total. The van der Waals surface area contributed by atoms with Crippen LogP contribution in [0.5, 0.6) is 5.75 Å². The number of carboxylic acids is 1. The highest BCUT2D eigenvalue weighted by Crippen LogP contribution is 2.38. The van der Waals surface area contributed by atoms with Crippen LogP contribution in [0.15, 0.2) is 18.2 Å². The zero-order valence-corrected chi connectivity index (χ0v) is 13.2. The highest BCUT2D eigenvalue weighted by Gasteiger charge is 2.39. The summed E-state index contributed by atoms with van der Waals surface area (Å²) in [4.78, 5) is 10.9. The molecule has 0 spiro atoms. The van der Waals surface area contributed by atoms with Crippen LogP contribution in [0.1, 0.15) is 36.7 Å². The van der Waals surface area contributed by atoms with Gasteiger partial charge in [0, 0.05) is 5.56 Å². The highest BCUT2D eigenvalue weighted by molar-refractivity contribution is 6.74. The lowest BCUT2D eigenvalue weighted by molar-refractivity contribution is 0.0696. The van der Waals surface area contributed by atoms with Gasteiger partial charge in [0.25, 0.3) is 0 Å². The zero-order chi connectivity index (χ0) is 14.8. The summed E-state index contributed by atoms with van der Waals surface area (Å²) in [6.07, 6.45) is 0. The van der Waals surface area contributed by atoms with Gasteiger partial charge in [-0.25, -0.2) is 4.79 Å². The van der Waals surface area contributed by atoms with Crippen molar-refractivity contribution in [2.75, 3.05) is 0 Å². The van der Waals surface area contributed by atoms with Crippen LogP contribution in [0.2, 0.25) is 18.1 Å². The van der Waals surface area contributed by atoms with E-state index in [-0.39, 0.29) is 17.2 Å². The van der Waals surface area contributed by atoms with E-state index in [4.69, 9.17) is 9.53 Å². The van der Waals surface area contributed by atoms with Crippen LogP contribution < -0.4 is 4.43 Å². The van der Waals surface area contributed by atoms with E-state index in [0.717, 1.165) is 0 Å². The van der Waals surface area contributed by atoms with Crippen molar-refractivity contribution >= 4 is 14.3 Å². The van der Waals surface area contributed by atoms with Gasteiger partial charge in [-0.05, 0) is 36.3 Å². The Labute approximate surface area is 115 Å². The molecule has 1 aromatic carbocycles. The Morgan fingerprint density at radius 2 is 1.89 bits per heavy atom. The lowest BCUT2D eigenvalue weighted by Gasteiger charge is -2.37. The second kappa shape index (κ2) is 5.34. The molecule has 0 atom stereocenters. The molecule has 0 unspecified atom stereocenters. The Morgan fingerprint density at radius 1 is 1.32 bits per heavy atom. The molecule has 0 bridgehead atoms. The lowest BCUT2D eigenvalue weighted by Crippen LogP contribution is -2.44. The van der Waals surface area contributed by atoms with E-state index in [0.29, 0.717) is 11.3 Å². The molecule has 0 saturated carbocycles. The third-order valence-corrected chi connectivity index (χ3v) is 7.99. The number of carbonyl (C=O) groups is 1. The summed E-state index contributed by atoms with van der Waals surface area (Å²) >= 11 is 0. The van der Waals surface area contributed by atoms with Crippen molar-refractivity contribution in [2.24, 2.45) is 0 Å². The van der Waals surface area contributed by atoms with E-state index in [9.17, 15) is 9.90 Å². The fourth-order valence-corrected chi connectivity index (χ4v) is 2.42. The van der Waals surface area contributed by atoms with Crippen LogP contribution in [-0.2, 0) is 6.61 Å². The van der Waals surface area contributed by atoms with E-state index in [1.807, 2.05) is 0 Å². The average Bonchev–Trinajstić information content (AvgIpc) is 2.27. The highest BCUT2D eigenvalue weighted by atomic mass is 28.4. The summed E-state index contributed by atoms with van der Waals surface area (Å²) in [5.74, 6) is -0.423. The summed E-state index contributed by atoms with van der Waals surface area (Å²) in [6, 6.07) is 4.60. The van der Waals surface area contributed by atoms with Crippen molar-refractivity contribution in [1.29, 1.82) is 0 Å². The van der Waals surface area contributed by atoms with Crippen molar-refractivity contribution in [3.05, 3.63) is 29.3 Å². The molecule has 19 heavy (non-hydrogen) atoms. The maximum Gasteiger partial charge on any atom is 0.335 e. The first-order valence-electron chi connectivity index (χ1n) is 6.24. The van der Waals surface area contributed by atoms with Gasteiger partial charge in [0.05, 0.1) is 12.2 Å². The maximum atomic E-state index is 10.9. The fraction of sp³-hybridized carbons (Fsp3) is 0.500. The Kier molecular flexibility index (Phi) is 4.42. The summed E-state index contributed by atoms with van der Waals surface area (Å²) in [5, 5.41) is 18.4. The number of hydrogen-bond donors (Lipinski definition) is 2. The first-order chi connectivity index (χ1) is 8.58. The summed E-state index contributed by atoms with van der Waals surface area (Å²) in [5.41, 5.74) is 0.677. The number of benzene rings is 1. The molecule has 0 aromatic heterocycles. The number of aromatic carboxylic acids is 1. The topological polar surface area (TPSA) is 66.8 Å². The molecule has 0 radical (unpaired) electrons. The Morgan fingerprint density at radius 3 is 2.32 bits per heavy atom. The third-order valence-electron chi connectivity index (χ3n) is 3.65. The van der Waals surface area contributed by atoms with E-state index in [1.165, 1.54) is 12.1 Å². The molecule has 0 aliphatic carbocycles. The van der Waals surface area contributed by atoms with Gasteiger partial charge >= 0.3 is 5.97 Å². The summed E-state index contributed by atoms with van der Waals surface area (Å²) in [6.45, 7) is 10.4. The molecule has 1 aromatic rings. The van der Waals surface area contributed by atoms with Crippen molar-refractivity contribution in [3.63, 3.8) is 0 Å². The standard InChI is InChI=1S/C14H22O4Si/c1-14(2,3)19(4,5)18-12-7-6-10(13(16)17)8-11(12)9-15/h6-8,15H,9H2,1-5H3,(H,16,17). The van der Waals surface area contributed by atoms with Crippen LogP contribution in [0.25, 0.3) is 0 Å². The molecular weight excluding hydrogens is 260 g/mol. The summed E-state index contributed by atoms with van der Waals surface area (Å²) in [7, 11) is -2.00. The number of aliphatic hydroxyl groups excluding tert-OH is 1. The second-order valence-electron chi connectivity index (χ2n) is 6.15. The SMILES string of the molecule is CC(C)(C)[Si](C)(C)Oc1ccc(C(=O)O)cc1CO. The number of carboxylic acid groups (broad SMARTS) is 1. The molecule has 0 saturated heterocycles. The van der Waals surface area contributed by atoms with E-state index >= 15 is 0 Å². The van der Waals surface area contributed by atoms with E-state index in [2.05, 4.69) is 33.9 Å². The molecule has 0 aliphatic heterocycles. The minimum atomic E-state index is -2.00. The van der Waals surface area contributed by atoms with Crippen LogP contribution in [0.3, 0.4) is 0 Å². The summed E-state index contributed by atoms with van der Waals surface area (Å²) < 4.78 is 6.11. The predicted molar refractivity (Wildman–Crippen MR) is 77.1 cm³/mol. The quantitative estimate of drug-likeness (QED) is 0.832. The zero-order valence-electron chi connectivity index (χ0n) is 12.2. The van der Waals surface area contributed by atoms with Gasteiger partial charge in [-0.1, -0.05) is 20.8 Å². The van der Waals surface area contributed by atoms with Gasteiger partial charge in [-0.2, -0.15) is 0 Å². The molecule has 4 nitrogen and oxygen atoms in total. The number of hydrogen-bond acceptors (Lipinski definition) is 3. The second-order valence-corrected chi connectivity index (χ2v) is 10.9. The fourth-order valence-electron chi connectivity index (χ4n) is 1.36. The smallest absolute Gasteiger partial charge is 0.335 e. The average molecular weight is 282 g/mol. The lowest BCUT2D eigenvalue weighted by atomic mass is 10.1. The van der Waals surface area contributed by atoms with Gasteiger partial charge in [-0.15, -0.1) is 0 Å². The molecule has 0 fully saturated rings. The van der Waals surface area contributed by atoms with Gasteiger partial charge in [0.2, 0.25) is 8.32 Å². The Hall–Kier alpha value is -1.33. The largest absolute Gasteiger partial charge is 0.543 e. The minimum absolute atomic E-state index is 0.0468. The molecular formula is C14H22O4Si. The molecule has 5 heteroatoms. The van der Waals surface area contributed by atoms with Gasteiger partial charge in [0.1, 0.15) is 5.75 Å². The molecule has 0 heterocycles. The van der Waals surface area contributed by atoms with Crippen LogP contribution >= 0.6 is 0 Å². The predicted octanol–water partition coefficient (Wildman–Crippen LogP) is 3.26. The van der Waals surface area contributed by atoms with Crippen LogP contribution in [0, 0.1) is 0 Å². The molecule has 0 amide bonds. The van der Waals surface area contributed by atoms with Crippen LogP contribution in [-0.4, -0.2) is 24.5 Å². The van der Waals surface area contributed by atoms with Gasteiger partial charge in [0.15, 0.2) is 0 Å². The maximum absolute atomic E-state index is 10.9.